The molecule has 0 fully saturated rings. The number of nitrogens with one attached hydrogen (secondary N) is 1. The van der Waals surface area contributed by atoms with Gasteiger partial charge in [0.05, 0.1) is 0 Å². The van der Waals surface area contributed by atoms with Crippen LogP contribution in [0.4, 0.5) is 5.82 Å². The highest BCUT2D eigenvalue weighted by Gasteiger charge is 2.38. The molecule has 6 nitrogen and oxygen atoms in total. The summed E-state index contributed by atoms with van der Waals surface area (Å²) in [5.41, 5.74) is 0. The fraction of sp³-hybridized carbons (Fsp3) is 0.444. The van der Waals surface area contributed by atoms with Crippen molar-refractivity contribution in [2.45, 2.75) is 18.6 Å². The standard InChI is InChI=1S/C9H12ClN3O3S/c1-9(2,17(3,15)16)7(14)12-6-4-5-11-8(10)13-6/h4-5H,1-3H3,(H,11,12,13,14). The van der Waals surface area contributed by atoms with Crippen molar-refractivity contribution < 1.29 is 13.2 Å². The molecule has 0 aliphatic carbocycles. The molecule has 94 valence electrons. The molecule has 1 aromatic rings. The molecule has 17 heavy (non-hydrogen) atoms. The zero-order chi connectivity index (χ0) is 13.3. The number of anilines is 1. The molecule has 1 heterocycles. The SMILES string of the molecule is CC(C)(C(=O)Nc1ccnc(Cl)n1)S(C)(=O)=O. The Labute approximate surface area is 104 Å². The molecule has 1 aromatic heterocycles. The molecule has 1 rings (SSSR count). The molecule has 0 aromatic carbocycles. The number of carbonyl (C=O) groups is 1. The van der Waals surface area contributed by atoms with Gasteiger partial charge in [0.15, 0.2) is 9.84 Å². The molecule has 8 heteroatoms. The summed E-state index contributed by atoms with van der Waals surface area (Å²) in [4.78, 5) is 19.2. The highest BCUT2D eigenvalue weighted by molar-refractivity contribution is 7.92. The van der Waals surface area contributed by atoms with Crippen LogP contribution in [0.25, 0.3) is 0 Å². The lowest BCUT2D eigenvalue weighted by Crippen LogP contribution is -2.44. The van der Waals surface area contributed by atoms with Crippen LogP contribution in [0.1, 0.15) is 13.8 Å². The molecular weight excluding hydrogens is 266 g/mol. The summed E-state index contributed by atoms with van der Waals surface area (Å²) in [5.74, 6) is -0.513. The van der Waals surface area contributed by atoms with Crippen molar-refractivity contribution in [3.63, 3.8) is 0 Å². The Balaban J connectivity index is 2.95. The minimum atomic E-state index is -3.52. The zero-order valence-electron chi connectivity index (χ0n) is 9.56. The predicted octanol–water partition coefficient (Wildman–Crippen LogP) is 0.892. The summed E-state index contributed by atoms with van der Waals surface area (Å²) >= 11 is 5.54. The lowest BCUT2D eigenvalue weighted by molar-refractivity contribution is -0.117. The molecule has 0 atom stereocenters. The first-order chi connectivity index (χ1) is 7.64. The smallest absolute Gasteiger partial charge is 0.246 e. The number of aromatic nitrogens is 2. The van der Waals surface area contributed by atoms with E-state index in [4.69, 9.17) is 11.6 Å². The summed E-state index contributed by atoms with van der Waals surface area (Å²) < 4.78 is 21.3. The van der Waals surface area contributed by atoms with Crippen LogP contribution in [-0.2, 0) is 14.6 Å². The number of amides is 1. The van der Waals surface area contributed by atoms with Gasteiger partial charge in [-0.2, -0.15) is 0 Å². The van der Waals surface area contributed by atoms with Crippen molar-refractivity contribution in [1.29, 1.82) is 0 Å². The van der Waals surface area contributed by atoms with Gasteiger partial charge >= 0.3 is 0 Å². The van der Waals surface area contributed by atoms with Gasteiger partial charge in [-0.05, 0) is 31.5 Å². The van der Waals surface area contributed by atoms with Gasteiger partial charge in [0.1, 0.15) is 10.6 Å². The Morgan fingerprint density at radius 1 is 1.47 bits per heavy atom. The van der Waals surface area contributed by atoms with Gasteiger partial charge in [0.2, 0.25) is 11.2 Å². The van der Waals surface area contributed by atoms with Gasteiger partial charge in [0, 0.05) is 12.5 Å². The molecule has 0 aliphatic rings. The van der Waals surface area contributed by atoms with Crippen molar-refractivity contribution in [1.82, 2.24) is 9.97 Å². The summed E-state index contributed by atoms with van der Waals surface area (Å²) in [6.07, 6.45) is 2.36. The fourth-order valence-electron chi connectivity index (χ4n) is 0.840. The largest absolute Gasteiger partial charge is 0.309 e. The molecule has 1 N–H and O–H groups in total. The van der Waals surface area contributed by atoms with Crippen LogP contribution in [0.15, 0.2) is 12.3 Å². The number of hydrogen-bond donors (Lipinski definition) is 1. The molecular formula is C9H12ClN3O3S. The Bertz CT molecular complexity index is 542. The monoisotopic (exact) mass is 277 g/mol. The first-order valence-electron chi connectivity index (χ1n) is 4.64. The van der Waals surface area contributed by atoms with Crippen molar-refractivity contribution in [3.05, 3.63) is 17.5 Å². The molecule has 0 radical (unpaired) electrons. The van der Waals surface area contributed by atoms with Gasteiger partial charge in [-0.3, -0.25) is 4.79 Å². The third kappa shape index (κ3) is 3.13. The Morgan fingerprint density at radius 3 is 2.53 bits per heavy atom. The molecule has 0 bridgehead atoms. The van der Waals surface area contributed by atoms with E-state index in [2.05, 4.69) is 15.3 Å². The zero-order valence-corrected chi connectivity index (χ0v) is 11.1. The predicted molar refractivity (Wildman–Crippen MR) is 64.6 cm³/mol. The molecule has 0 saturated carbocycles. The van der Waals surface area contributed by atoms with E-state index in [9.17, 15) is 13.2 Å². The number of rotatable bonds is 3. The van der Waals surface area contributed by atoms with E-state index in [1.807, 2.05) is 0 Å². The van der Waals surface area contributed by atoms with Crippen LogP contribution < -0.4 is 5.32 Å². The van der Waals surface area contributed by atoms with Crippen molar-refractivity contribution in [2.75, 3.05) is 11.6 Å². The Kier molecular flexibility index (Phi) is 3.73. The third-order valence-electron chi connectivity index (χ3n) is 2.34. The minimum Gasteiger partial charge on any atom is -0.309 e. The van der Waals surface area contributed by atoms with E-state index < -0.39 is 20.5 Å². The second-order valence-corrected chi connectivity index (χ2v) is 6.85. The summed E-state index contributed by atoms with van der Waals surface area (Å²) in [7, 11) is -3.52. The second-order valence-electron chi connectivity index (χ2n) is 3.95. The highest BCUT2D eigenvalue weighted by atomic mass is 35.5. The van der Waals surface area contributed by atoms with Crippen molar-refractivity contribution in [2.24, 2.45) is 0 Å². The Morgan fingerprint density at radius 2 is 2.06 bits per heavy atom. The number of nitrogens with zero attached hydrogens (tertiary/aromatic N) is 2. The van der Waals surface area contributed by atoms with Crippen LogP contribution in [0.3, 0.4) is 0 Å². The average Bonchev–Trinajstić information content (AvgIpc) is 2.15. The average molecular weight is 278 g/mol. The second kappa shape index (κ2) is 4.58. The van der Waals surface area contributed by atoms with E-state index in [1.54, 1.807) is 0 Å². The minimum absolute atomic E-state index is 0.0278. The molecule has 1 amide bonds. The van der Waals surface area contributed by atoms with E-state index in [0.717, 1.165) is 6.26 Å². The Hall–Kier alpha value is -1.21. The van der Waals surface area contributed by atoms with Crippen LogP contribution >= 0.6 is 11.6 Å². The van der Waals surface area contributed by atoms with Crippen LogP contribution in [0.5, 0.6) is 0 Å². The number of carbonyl (C=O) groups excluding carboxylic acids is 1. The van der Waals surface area contributed by atoms with Crippen LogP contribution in [-0.4, -0.2) is 35.3 Å². The van der Waals surface area contributed by atoms with Gasteiger partial charge < -0.3 is 5.32 Å². The summed E-state index contributed by atoms with van der Waals surface area (Å²) in [6, 6.07) is 1.42. The number of hydrogen-bond acceptors (Lipinski definition) is 5. The summed E-state index contributed by atoms with van der Waals surface area (Å²) in [5, 5.41) is 2.35. The van der Waals surface area contributed by atoms with Crippen LogP contribution in [0.2, 0.25) is 5.28 Å². The first-order valence-corrected chi connectivity index (χ1v) is 6.91. The quantitative estimate of drug-likeness (QED) is 0.829. The van der Waals surface area contributed by atoms with Gasteiger partial charge in [-0.15, -0.1) is 0 Å². The lowest BCUT2D eigenvalue weighted by atomic mass is 10.2. The van der Waals surface area contributed by atoms with E-state index >= 15 is 0 Å². The molecule has 0 unspecified atom stereocenters. The normalized spacial score (nSPS) is 12.2. The van der Waals surface area contributed by atoms with E-state index in [0.29, 0.717) is 0 Å². The topological polar surface area (TPSA) is 89.0 Å². The first kappa shape index (κ1) is 13.9. The maximum atomic E-state index is 11.8. The van der Waals surface area contributed by atoms with Gasteiger partial charge in [-0.1, -0.05) is 0 Å². The fourth-order valence-corrected chi connectivity index (χ4v) is 1.37. The third-order valence-corrected chi connectivity index (χ3v) is 4.56. The van der Waals surface area contributed by atoms with Crippen LogP contribution in [0, 0.1) is 0 Å². The van der Waals surface area contributed by atoms with Gasteiger partial charge in [0.25, 0.3) is 0 Å². The lowest BCUT2D eigenvalue weighted by Gasteiger charge is -2.20. The highest BCUT2D eigenvalue weighted by Crippen LogP contribution is 2.17. The van der Waals surface area contributed by atoms with Crippen molar-refractivity contribution >= 4 is 33.2 Å². The summed E-state index contributed by atoms with van der Waals surface area (Å²) in [6.45, 7) is 2.64. The molecule has 0 spiro atoms. The van der Waals surface area contributed by atoms with Crippen molar-refractivity contribution in [3.8, 4) is 0 Å². The maximum Gasteiger partial charge on any atom is 0.246 e. The molecule has 0 aliphatic heterocycles. The maximum absolute atomic E-state index is 11.8. The van der Waals surface area contributed by atoms with Gasteiger partial charge in [-0.25, -0.2) is 18.4 Å². The number of sulfone groups is 1. The molecule has 0 saturated heterocycles. The van der Waals surface area contributed by atoms with E-state index in [-0.39, 0.29) is 11.1 Å². The van der Waals surface area contributed by atoms with E-state index in [1.165, 1.54) is 26.1 Å². The number of halogens is 1.